The molecule has 0 saturated carbocycles. The van der Waals surface area contributed by atoms with E-state index in [0.717, 1.165) is 16.6 Å². The summed E-state index contributed by atoms with van der Waals surface area (Å²) in [6.45, 7) is 6.65. The third-order valence-electron chi connectivity index (χ3n) is 4.47. The van der Waals surface area contributed by atoms with Gasteiger partial charge in [0.15, 0.2) is 0 Å². The highest BCUT2D eigenvalue weighted by molar-refractivity contribution is 6.29. The van der Waals surface area contributed by atoms with E-state index in [1.165, 1.54) is 22.3 Å². The lowest BCUT2D eigenvalue weighted by molar-refractivity contribution is 0.643. The molecule has 0 atom stereocenters. The van der Waals surface area contributed by atoms with Gasteiger partial charge in [-0.1, -0.05) is 49.7 Å². The molecule has 104 valence electrons. The van der Waals surface area contributed by atoms with Crippen molar-refractivity contribution in [3.05, 3.63) is 58.4 Å². The topological polar surface area (TPSA) is 25.8 Å². The van der Waals surface area contributed by atoms with E-state index in [2.05, 4.69) is 55.0 Å². The lowest BCUT2D eigenvalue weighted by atomic mass is 9.70. The Morgan fingerprint density at radius 2 is 1.81 bits per heavy atom. The molecule has 1 heterocycles. The van der Waals surface area contributed by atoms with Crippen molar-refractivity contribution in [2.45, 2.75) is 26.2 Å². The molecular formula is C18H15ClN2. The second-order valence-electron chi connectivity index (χ2n) is 6.21. The summed E-state index contributed by atoms with van der Waals surface area (Å²) in [6, 6.07) is 12.8. The normalized spacial score (nSPS) is 15.0. The van der Waals surface area contributed by atoms with Crippen LogP contribution in [-0.2, 0) is 5.41 Å². The molecule has 3 aromatic rings. The van der Waals surface area contributed by atoms with E-state index in [0.29, 0.717) is 5.28 Å². The first-order valence-corrected chi connectivity index (χ1v) is 7.44. The van der Waals surface area contributed by atoms with Crippen molar-refractivity contribution in [1.29, 1.82) is 0 Å². The molecule has 1 aliphatic rings. The molecule has 0 fully saturated rings. The van der Waals surface area contributed by atoms with Gasteiger partial charge in [-0.15, -0.1) is 0 Å². The zero-order valence-electron chi connectivity index (χ0n) is 12.2. The molecule has 2 aromatic carbocycles. The number of fused-ring (bicyclic) bond motifs is 2. The van der Waals surface area contributed by atoms with E-state index in [9.17, 15) is 0 Å². The van der Waals surface area contributed by atoms with Crippen LogP contribution in [0, 0.1) is 6.92 Å². The van der Waals surface area contributed by atoms with Crippen molar-refractivity contribution < 1.29 is 0 Å². The van der Waals surface area contributed by atoms with Gasteiger partial charge in [-0.05, 0) is 35.7 Å². The first kappa shape index (κ1) is 12.8. The number of aryl methyl sites for hydroxylation is 1. The smallest absolute Gasteiger partial charge is 0.218 e. The van der Waals surface area contributed by atoms with Gasteiger partial charge in [0, 0.05) is 16.4 Å². The molecule has 4 rings (SSSR count). The molecular weight excluding hydrogens is 280 g/mol. The zero-order valence-corrected chi connectivity index (χ0v) is 13.0. The molecule has 0 N–H and O–H groups in total. The van der Waals surface area contributed by atoms with Crippen molar-refractivity contribution in [2.24, 2.45) is 0 Å². The Morgan fingerprint density at radius 1 is 1.00 bits per heavy atom. The summed E-state index contributed by atoms with van der Waals surface area (Å²) in [4.78, 5) is 8.91. The van der Waals surface area contributed by atoms with Crippen LogP contribution in [-0.4, -0.2) is 9.97 Å². The van der Waals surface area contributed by atoms with E-state index in [1.54, 1.807) is 0 Å². The monoisotopic (exact) mass is 294 g/mol. The largest absolute Gasteiger partial charge is 0.223 e. The van der Waals surface area contributed by atoms with Crippen molar-refractivity contribution in [1.82, 2.24) is 9.97 Å². The maximum absolute atomic E-state index is 6.13. The number of aromatic nitrogens is 2. The van der Waals surface area contributed by atoms with Gasteiger partial charge in [-0.25, -0.2) is 9.97 Å². The van der Waals surface area contributed by atoms with E-state index in [4.69, 9.17) is 11.6 Å². The molecule has 1 aliphatic carbocycles. The van der Waals surface area contributed by atoms with Gasteiger partial charge in [0.1, 0.15) is 0 Å². The summed E-state index contributed by atoms with van der Waals surface area (Å²) >= 11 is 6.13. The van der Waals surface area contributed by atoms with E-state index in [-0.39, 0.29) is 5.41 Å². The molecule has 1 aromatic heterocycles. The van der Waals surface area contributed by atoms with Crippen LogP contribution < -0.4 is 0 Å². The molecule has 21 heavy (non-hydrogen) atoms. The number of benzene rings is 2. The fourth-order valence-electron chi connectivity index (χ4n) is 3.40. The lowest BCUT2D eigenvalue weighted by Gasteiger charge is -2.34. The fraction of sp³-hybridized carbons (Fsp3) is 0.222. The van der Waals surface area contributed by atoms with Gasteiger partial charge in [-0.2, -0.15) is 0 Å². The average Bonchev–Trinajstić information content (AvgIpc) is 2.44. The van der Waals surface area contributed by atoms with Crippen molar-refractivity contribution in [3.63, 3.8) is 0 Å². The summed E-state index contributed by atoms with van der Waals surface area (Å²) < 4.78 is 0. The first-order chi connectivity index (χ1) is 9.98. The highest BCUT2D eigenvalue weighted by Gasteiger charge is 2.34. The Kier molecular flexibility index (Phi) is 2.46. The van der Waals surface area contributed by atoms with Gasteiger partial charge in [-0.3, -0.25) is 0 Å². The Labute approximate surface area is 128 Å². The molecule has 0 saturated heterocycles. The minimum atomic E-state index is -0.0644. The highest BCUT2D eigenvalue weighted by Crippen LogP contribution is 2.47. The molecule has 0 radical (unpaired) electrons. The van der Waals surface area contributed by atoms with E-state index in [1.807, 2.05) is 12.1 Å². The van der Waals surface area contributed by atoms with Crippen molar-refractivity contribution in [3.8, 4) is 11.3 Å². The van der Waals surface area contributed by atoms with Gasteiger partial charge in [0.25, 0.3) is 0 Å². The van der Waals surface area contributed by atoms with Crippen LogP contribution in [0.5, 0.6) is 0 Å². The number of hydrogen-bond acceptors (Lipinski definition) is 2. The zero-order chi connectivity index (χ0) is 14.8. The van der Waals surface area contributed by atoms with Crippen molar-refractivity contribution >= 4 is 22.5 Å². The number of rotatable bonds is 0. The third kappa shape index (κ3) is 1.66. The standard InChI is InChI=1S/C18H15ClN2/c1-10-7-8-11-13(9-10)18(2,3)12-5-4-6-14-15(12)16(11)21-17(19)20-14/h4-9H,1-3H3. The van der Waals surface area contributed by atoms with Gasteiger partial charge in [0.05, 0.1) is 11.2 Å². The average molecular weight is 295 g/mol. The lowest BCUT2D eigenvalue weighted by Crippen LogP contribution is -2.24. The van der Waals surface area contributed by atoms with Crippen LogP contribution in [0.2, 0.25) is 5.28 Å². The molecule has 0 unspecified atom stereocenters. The van der Waals surface area contributed by atoms with Crippen LogP contribution in [0.3, 0.4) is 0 Å². The van der Waals surface area contributed by atoms with Gasteiger partial charge >= 0.3 is 0 Å². The van der Waals surface area contributed by atoms with Crippen LogP contribution in [0.4, 0.5) is 0 Å². The SMILES string of the molecule is Cc1ccc2c(c1)C(C)(C)c1cccc3nc(Cl)nc-2c13. The molecule has 0 spiro atoms. The van der Waals surface area contributed by atoms with Crippen LogP contribution in [0.1, 0.15) is 30.5 Å². The van der Waals surface area contributed by atoms with Gasteiger partial charge < -0.3 is 0 Å². The Hall–Kier alpha value is -1.93. The summed E-state index contributed by atoms with van der Waals surface area (Å²) in [5.41, 5.74) is 6.81. The Balaban J connectivity index is 2.26. The maximum Gasteiger partial charge on any atom is 0.223 e. The maximum atomic E-state index is 6.13. The highest BCUT2D eigenvalue weighted by atomic mass is 35.5. The minimum Gasteiger partial charge on any atom is -0.218 e. The summed E-state index contributed by atoms with van der Waals surface area (Å²) in [5, 5.41) is 1.43. The number of hydrogen-bond donors (Lipinski definition) is 0. The summed E-state index contributed by atoms with van der Waals surface area (Å²) in [6.07, 6.45) is 0. The Bertz CT molecular complexity index is 897. The molecule has 0 aliphatic heterocycles. The third-order valence-corrected chi connectivity index (χ3v) is 4.64. The molecule has 0 bridgehead atoms. The second kappa shape index (κ2) is 4.05. The minimum absolute atomic E-state index is 0.0644. The predicted octanol–water partition coefficient (Wildman–Crippen LogP) is 4.90. The van der Waals surface area contributed by atoms with E-state index < -0.39 is 0 Å². The van der Waals surface area contributed by atoms with Crippen LogP contribution in [0.25, 0.3) is 22.2 Å². The fourth-order valence-corrected chi connectivity index (χ4v) is 3.57. The van der Waals surface area contributed by atoms with E-state index >= 15 is 0 Å². The quantitative estimate of drug-likeness (QED) is 0.551. The van der Waals surface area contributed by atoms with Gasteiger partial charge in [0.2, 0.25) is 5.28 Å². The molecule has 3 heteroatoms. The predicted molar refractivity (Wildman–Crippen MR) is 86.8 cm³/mol. The Morgan fingerprint density at radius 3 is 2.62 bits per heavy atom. The van der Waals surface area contributed by atoms with Crippen LogP contribution in [0.15, 0.2) is 36.4 Å². The summed E-state index contributed by atoms with van der Waals surface area (Å²) in [7, 11) is 0. The first-order valence-electron chi connectivity index (χ1n) is 7.07. The van der Waals surface area contributed by atoms with Crippen LogP contribution >= 0.6 is 11.6 Å². The van der Waals surface area contributed by atoms with Crippen molar-refractivity contribution in [2.75, 3.05) is 0 Å². The number of halogens is 1. The number of nitrogens with zero attached hydrogens (tertiary/aromatic N) is 2. The molecule has 2 nitrogen and oxygen atoms in total. The summed E-state index contributed by atoms with van der Waals surface area (Å²) in [5.74, 6) is 0. The molecule has 0 amide bonds. The second-order valence-corrected chi connectivity index (χ2v) is 6.55.